The van der Waals surface area contributed by atoms with Crippen molar-refractivity contribution >= 4 is 10.8 Å². The van der Waals surface area contributed by atoms with Gasteiger partial charge in [0.25, 0.3) is 0 Å². The second kappa shape index (κ2) is 8.40. The van der Waals surface area contributed by atoms with Crippen molar-refractivity contribution in [3.05, 3.63) is 66.7 Å². The molecule has 1 N–H and O–H groups in total. The summed E-state index contributed by atoms with van der Waals surface area (Å²) in [4.78, 5) is 0. The molecule has 0 saturated carbocycles. The van der Waals surface area contributed by atoms with Crippen molar-refractivity contribution in [3.8, 4) is 17.2 Å². The minimum Gasteiger partial charge on any atom is -0.493 e. The molecule has 1 unspecified atom stereocenters. The van der Waals surface area contributed by atoms with E-state index in [4.69, 9.17) is 14.2 Å². The number of aliphatic hydroxyl groups is 1. The second-order valence-corrected chi connectivity index (χ2v) is 5.63. The van der Waals surface area contributed by atoms with Crippen LogP contribution in [0.5, 0.6) is 17.2 Å². The molecule has 4 nitrogen and oxygen atoms in total. The van der Waals surface area contributed by atoms with Crippen LogP contribution in [0.4, 0.5) is 0 Å². The molecule has 1 atom stereocenters. The first-order chi connectivity index (χ1) is 12.3. The molecular weight excluding hydrogens is 316 g/mol. The third-order valence-electron chi connectivity index (χ3n) is 3.76. The monoisotopic (exact) mass is 338 g/mol. The molecule has 0 heterocycles. The van der Waals surface area contributed by atoms with Gasteiger partial charge < -0.3 is 19.3 Å². The molecule has 3 aromatic rings. The molecule has 0 aliphatic rings. The summed E-state index contributed by atoms with van der Waals surface area (Å²) in [6.45, 7) is 2.91. The maximum atomic E-state index is 10.1. The summed E-state index contributed by atoms with van der Waals surface area (Å²) in [5, 5.41) is 12.1. The lowest BCUT2D eigenvalue weighted by Gasteiger charge is -2.16. The first kappa shape index (κ1) is 17.1. The lowest BCUT2D eigenvalue weighted by atomic mass is 10.1. The maximum absolute atomic E-state index is 10.1. The average molecular weight is 338 g/mol. The standard InChI is InChI=1S/C21H22O4/c1-2-23-20-12-13-21(19-11-7-6-10-18(19)20)25-15-16(22)14-24-17-8-4-3-5-9-17/h3-13,16,22H,2,14-15H2,1H3. The number of ether oxygens (including phenoxy) is 3. The fraction of sp³-hybridized carbons (Fsp3) is 0.238. The van der Waals surface area contributed by atoms with E-state index in [9.17, 15) is 5.11 Å². The normalized spacial score (nSPS) is 11.9. The van der Waals surface area contributed by atoms with E-state index >= 15 is 0 Å². The van der Waals surface area contributed by atoms with E-state index in [-0.39, 0.29) is 13.2 Å². The summed E-state index contributed by atoms with van der Waals surface area (Å²) in [5.74, 6) is 2.28. The highest BCUT2D eigenvalue weighted by Crippen LogP contribution is 2.33. The molecule has 0 radical (unpaired) electrons. The van der Waals surface area contributed by atoms with Gasteiger partial charge in [-0.05, 0) is 31.2 Å². The van der Waals surface area contributed by atoms with Gasteiger partial charge in [0, 0.05) is 10.8 Å². The van der Waals surface area contributed by atoms with Crippen LogP contribution in [0.15, 0.2) is 66.7 Å². The first-order valence-corrected chi connectivity index (χ1v) is 8.41. The maximum Gasteiger partial charge on any atom is 0.127 e. The van der Waals surface area contributed by atoms with Crippen molar-refractivity contribution in [1.29, 1.82) is 0 Å². The Bertz CT molecular complexity index is 801. The molecule has 130 valence electrons. The van der Waals surface area contributed by atoms with Gasteiger partial charge in [-0.25, -0.2) is 0 Å². The fourth-order valence-electron chi connectivity index (χ4n) is 2.59. The predicted molar refractivity (Wildman–Crippen MR) is 98.6 cm³/mol. The smallest absolute Gasteiger partial charge is 0.127 e. The number of hydrogen-bond donors (Lipinski definition) is 1. The number of aliphatic hydroxyl groups excluding tert-OH is 1. The van der Waals surface area contributed by atoms with Crippen LogP contribution in [0.2, 0.25) is 0 Å². The molecule has 0 aliphatic heterocycles. The zero-order chi connectivity index (χ0) is 17.5. The van der Waals surface area contributed by atoms with E-state index in [0.717, 1.165) is 28.0 Å². The molecule has 0 amide bonds. The molecule has 3 rings (SSSR count). The molecule has 4 heteroatoms. The SMILES string of the molecule is CCOc1ccc(OCC(O)COc2ccccc2)c2ccccc12. The van der Waals surface area contributed by atoms with Crippen molar-refractivity contribution in [2.75, 3.05) is 19.8 Å². The molecule has 0 spiro atoms. The van der Waals surface area contributed by atoms with E-state index in [2.05, 4.69) is 0 Å². The van der Waals surface area contributed by atoms with E-state index in [0.29, 0.717) is 6.61 Å². The Morgan fingerprint density at radius 1 is 0.720 bits per heavy atom. The lowest BCUT2D eigenvalue weighted by Crippen LogP contribution is -2.25. The van der Waals surface area contributed by atoms with Crippen LogP contribution in [0.3, 0.4) is 0 Å². The average Bonchev–Trinajstić information content (AvgIpc) is 2.67. The number of hydrogen-bond acceptors (Lipinski definition) is 4. The summed E-state index contributed by atoms with van der Waals surface area (Å²) in [7, 11) is 0. The van der Waals surface area contributed by atoms with Gasteiger partial charge in [0.15, 0.2) is 0 Å². The van der Waals surface area contributed by atoms with Gasteiger partial charge in [0.1, 0.15) is 36.6 Å². The summed E-state index contributed by atoms with van der Waals surface area (Å²) in [6.07, 6.45) is -0.717. The molecule has 0 aliphatic carbocycles. The Balaban J connectivity index is 1.64. The molecule has 25 heavy (non-hydrogen) atoms. The van der Waals surface area contributed by atoms with Crippen LogP contribution in [-0.4, -0.2) is 31.0 Å². The molecule has 0 fully saturated rings. The van der Waals surface area contributed by atoms with Gasteiger partial charge in [-0.1, -0.05) is 42.5 Å². The summed E-state index contributed by atoms with van der Waals surface area (Å²) in [6, 6.07) is 21.1. The van der Waals surface area contributed by atoms with Crippen LogP contribution in [0, 0.1) is 0 Å². The van der Waals surface area contributed by atoms with Gasteiger partial charge in [-0.2, -0.15) is 0 Å². The van der Waals surface area contributed by atoms with Crippen LogP contribution in [0.25, 0.3) is 10.8 Å². The Morgan fingerprint density at radius 3 is 1.92 bits per heavy atom. The largest absolute Gasteiger partial charge is 0.493 e. The third kappa shape index (κ3) is 4.43. The van der Waals surface area contributed by atoms with E-state index in [1.807, 2.05) is 73.7 Å². The highest BCUT2D eigenvalue weighted by Gasteiger charge is 2.11. The predicted octanol–water partition coefficient (Wildman–Crippen LogP) is 4.06. The number of fused-ring (bicyclic) bond motifs is 1. The van der Waals surface area contributed by atoms with Gasteiger partial charge in [-0.15, -0.1) is 0 Å². The third-order valence-corrected chi connectivity index (χ3v) is 3.76. The molecule has 0 bridgehead atoms. The molecule has 0 saturated heterocycles. The van der Waals surface area contributed by atoms with Gasteiger partial charge >= 0.3 is 0 Å². The Hall–Kier alpha value is -2.72. The Labute approximate surface area is 147 Å². The topological polar surface area (TPSA) is 47.9 Å². The van der Waals surface area contributed by atoms with Crippen LogP contribution >= 0.6 is 0 Å². The number of rotatable bonds is 8. The van der Waals surface area contributed by atoms with Crippen molar-refractivity contribution < 1.29 is 19.3 Å². The first-order valence-electron chi connectivity index (χ1n) is 8.41. The van der Waals surface area contributed by atoms with Crippen molar-refractivity contribution in [2.24, 2.45) is 0 Å². The van der Waals surface area contributed by atoms with Crippen LogP contribution in [0.1, 0.15) is 6.92 Å². The highest BCUT2D eigenvalue weighted by atomic mass is 16.5. The van der Waals surface area contributed by atoms with Crippen LogP contribution in [-0.2, 0) is 0 Å². The number of para-hydroxylation sites is 1. The summed E-state index contributed by atoms with van der Waals surface area (Å²) in [5.41, 5.74) is 0. The summed E-state index contributed by atoms with van der Waals surface area (Å²) >= 11 is 0. The minimum atomic E-state index is -0.717. The van der Waals surface area contributed by atoms with E-state index in [1.54, 1.807) is 0 Å². The van der Waals surface area contributed by atoms with E-state index < -0.39 is 6.10 Å². The van der Waals surface area contributed by atoms with Crippen molar-refractivity contribution in [1.82, 2.24) is 0 Å². The Morgan fingerprint density at radius 2 is 1.28 bits per heavy atom. The van der Waals surface area contributed by atoms with Crippen molar-refractivity contribution in [3.63, 3.8) is 0 Å². The molecule has 0 aromatic heterocycles. The van der Waals surface area contributed by atoms with Gasteiger partial charge in [0.2, 0.25) is 0 Å². The summed E-state index contributed by atoms with van der Waals surface area (Å²) < 4.78 is 17.0. The Kier molecular flexibility index (Phi) is 5.75. The minimum absolute atomic E-state index is 0.158. The number of benzene rings is 3. The lowest BCUT2D eigenvalue weighted by molar-refractivity contribution is 0.0632. The zero-order valence-corrected chi connectivity index (χ0v) is 14.2. The van der Waals surface area contributed by atoms with Crippen molar-refractivity contribution in [2.45, 2.75) is 13.0 Å². The molecular formula is C21H22O4. The quantitative estimate of drug-likeness (QED) is 0.673. The highest BCUT2D eigenvalue weighted by molar-refractivity contribution is 5.93. The van der Waals surface area contributed by atoms with Crippen LogP contribution < -0.4 is 14.2 Å². The van der Waals surface area contributed by atoms with Gasteiger partial charge in [-0.3, -0.25) is 0 Å². The van der Waals surface area contributed by atoms with E-state index in [1.165, 1.54) is 0 Å². The fourth-order valence-corrected chi connectivity index (χ4v) is 2.59. The molecule has 3 aromatic carbocycles. The second-order valence-electron chi connectivity index (χ2n) is 5.63. The van der Waals surface area contributed by atoms with Gasteiger partial charge in [0.05, 0.1) is 6.61 Å². The zero-order valence-electron chi connectivity index (χ0n) is 14.2.